The lowest BCUT2D eigenvalue weighted by atomic mass is 9.98. The van der Waals surface area contributed by atoms with Crippen LogP contribution in [0.25, 0.3) is 11.1 Å². The minimum Gasteiger partial charge on any atom is -0.446 e. The minimum atomic E-state index is -3.70. The van der Waals surface area contributed by atoms with Crippen LogP contribution >= 0.6 is 0 Å². The number of rotatable bonds is 3. The summed E-state index contributed by atoms with van der Waals surface area (Å²) >= 11 is 0. The number of sulfone groups is 1. The maximum atomic E-state index is 13.3. The van der Waals surface area contributed by atoms with E-state index in [1.165, 1.54) is 0 Å². The summed E-state index contributed by atoms with van der Waals surface area (Å²) in [6, 6.07) is 17.0. The summed E-state index contributed by atoms with van der Waals surface area (Å²) in [6.07, 6.45) is 0. The summed E-state index contributed by atoms with van der Waals surface area (Å²) in [7, 11) is -3.70. The molecule has 0 fully saturated rings. The molecule has 0 saturated carbocycles. The van der Waals surface area contributed by atoms with E-state index in [-0.39, 0.29) is 11.0 Å². The molecule has 3 aromatic rings. The van der Waals surface area contributed by atoms with Crippen molar-refractivity contribution >= 4 is 21.2 Å². The molecule has 0 unspecified atom stereocenters. The number of furan rings is 1. The van der Waals surface area contributed by atoms with Crippen molar-refractivity contribution in [1.29, 1.82) is 0 Å². The van der Waals surface area contributed by atoms with Crippen LogP contribution in [0, 0.1) is 0 Å². The molecular formula is C21H21NO3S. The average molecular weight is 367 g/mol. The van der Waals surface area contributed by atoms with Crippen LogP contribution in [0.4, 0.5) is 11.4 Å². The third kappa shape index (κ3) is 2.31. The monoisotopic (exact) mass is 367 g/mol. The SMILES string of the molecule is CCN1c2ccccc2S(=O)(=O)c2oc(C(C)C)c(-c3ccccc3)c21. The van der Waals surface area contributed by atoms with Crippen LogP contribution in [0.15, 0.2) is 69.0 Å². The highest BCUT2D eigenvalue weighted by atomic mass is 32.2. The minimum absolute atomic E-state index is 0.0561. The van der Waals surface area contributed by atoms with E-state index in [0.717, 1.165) is 11.1 Å². The van der Waals surface area contributed by atoms with Gasteiger partial charge in [0.1, 0.15) is 11.4 Å². The van der Waals surface area contributed by atoms with Gasteiger partial charge in [0.25, 0.3) is 0 Å². The van der Waals surface area contributed by atoms with Crippen LogP contribution in [0.2, 0.25) is 0 Å². The Kier molecular flexibility index (Phi) is 3.92. The Hall–Kier alpha value is -2.53. The van der Waals surface area contributed by atoms with Crippen LogP contribution in [0.1, 0.15) is 32.4 Å². The topological polar surface area (TPSA) is 50.5 Å². The zero-order valence-corrected chi connectivity index (χ0v) is 15.9. The predicted molar refractivity (Wildman–Crippen MR) is 103 cm³/mol. The van der Waals surface area contributed by atoms with Crippen molar-refractivity contribution in [3.63, 3.8) is 0 Å². The third-order valence-corrected chi connectivity index (χ3v) is 6.43. The second kappa shape index (κ2) is 6.02. The number of hydrogen-bond acceptors (Lipinski definition) is 4. The van der Waals surface area contributed by atoms with E-state index < -0.39 is 9.84 Å². The molecule has 0 N–H and O–H groups in total. The molecule has 1 aromatic heterocycles. The summed E-state index contributed by atoms with van der Waals surface area (Å²) in [4.78, 5) is 2.35. The van der Waals surface area contributed by atoms with Crippen LogP contribution in [0.5, 0.6) is 0 Å². The maximum absolute atomic E-state index is 13.3. The van der Waals surface area contributed by atoms with E-state index in [1.54, 1.807) is 12.1 Å². The predicted octanol–water partition coefficient (Wildman–Crippen LogP) is 5.37. The van der Waals surface area contributed by atoms with Crippen LogP contribution in [0.3, 0.4) is 0 Å². The molecule has 0 atom stereocenters. The van der Waals surface area contributed by atoms with Crippen molar-refractivity contribution in [3.05, 3.63) is 60.4 Å². The molecule has 0 aliphatic carbocycles. The molecule has 134 valence electrons. The molecule has 4 rings (SSSR count). The first-order valence-corrected chi connectivity index (χ1v) is 10.3. The standard InChI is InChI=1S/C21H21NO3S/c1-4-22-16-12-8-9-13-17(16)26(23,24)21-19(22)18(20(25-21)14(2)3)15-10-6-5-7-11-15/h5-14H,4H2,1-3H3. The van der Waals surface area contributed by atoms with Crippen molar-refractivity contribution in [3.8, 4) is 11.1 Å². The summed E-state index contributed by atoms with van der Waals surface area (Å²) in [5, 5.41) is 0.0561. The molecule has 0 radical (unpaired) electrons. The Labute approximate surface area is 154 Å². The van der Waals surface area contributed by atoms with Gasteiger partial charge < -0.3 is 9.32 Å². The van der Waals surface area contributed by atoms with E-state index >= 15 is 0 Å². The number of nitrogens with zero attached hydrogens (tertiary/aromatic N) is 1. The lowest BCUT2D eigenvalue weighted by molar-refractivity contribution is 0.401. The number of anilines is 2. The molecule has 0 spiro atoms. The zero-order valence-electron chi connectivity index (χ0n) is 15.1. The summed E-state index contributed by atoms with van der Waals surface area (Å²) < 4.78 is 32.5. The van der Waals surface area contributed by atoms with Crippen molar-refractivity contribution in [2.45, 2.75) is 36.7 Å². The fourth-order valence-electron chi connectivity index (χ4n) is 3.59. The highest BCUT2D eigenvalue weighted by Crippen LogP contribution is 2.52. The second-order valence-corrected chi connectivity index (χ2v) is 8.53. The quantitative estimate of drug-likeness (QED) is 0.624. The van der Waals surface area contributed by atoms with E-state index in [9.17, 15) is 8.42 Å². The van der Waals surface area contributed by atoms with Gasteiger partial charge in [-0.15, -0.1) is 0 Å². The Morgan fingerprint density at radius 3 is 2.31 bits per heavy atom. The number of benzene rings is 2. The lowest BCUT2D eigenvalue weighted by Gasteiger charge is -2.30. The highest BCUT2D eigenvalue weighted by molar-refractivity contribution is 7.91. The lowest BCUT2D eigenvalue weighted by Crippen LogP contribution is -2.25. The zero-order chi connectivity index (χ0) is 18.5. The van der Waals surface area contributed by atoms with Crippen molar-refractivity contribution in [2.24, 2.45) is 0 Å². The number of hydrogen-bond donors (Lipinski definition) is 0. The first-order valence-electron chi connectivity index (χ1n) is 8.80. The molecular weight excluding hydrogens is 346 g/mol. The number of para-hydroxylation sites is 1. The second-order valence-electron chi connectivity index (χ2n) is 6.71. The van der Waals surface area contributed by atoms with Crippen molar-refractivity contribution in [1.82, 2.24) is 0 Å². The van der Waals surface area contributed by atoms with Gasteiger partial charge in [-0.25, -0.2) is 8.42 Å². The first kappa shape index (κ1) is 16.9. The van der Waals surface area contributed by atoms with Gasteiger partial charge in [0.05, 0.1) is 10.6 Å². The van der Waals surface area contributed by atoms with Gasteiger partial charge in [-0.05, 0) is 24.6 Å². The fourth-order valence-corrected chi connectivity index (χ4v) is 5.17. The van der Waals surface area contributed by atoms with Crippen LogP contribution in [-0.4, -0.2) is 15.0 Å². The molecule has 0 bridgehead atoms. The van der Waals surface area contributed by atoms with Gasteiger partial charge in [-0.1, -0.05) is 56.3 Å². The average Bonchev–Trinajstić information content (AvgIpc) is 3.05. The molecule has 26 heavy (non-hydrogen) atoms. The molecule has 1 aliphatic rings. The Bertz CT molecular complexity index is 1070. The van der Waals surface area contributed by atoms with Crippen LogP contribution in [-0.2, 0) is 9.84 Å². The normalized spacial score (nSPS) is 15.0. The van der Waals surface area contributed by atoms with E-state index in [1.807, 2.05) is 68.1 Å². The summed E-state index contributed by atoms with van der Waals surface area (Å²) in [5.41, 5.74) is 3.20. The molecule has 0 saturated heterocycles. The van der Waals surface area contributed by atoms with E-state index in [2.05, 4.69) is 0 Å². The van der Waals surface area contributed by atoms with Crippen molar-refractivity contribution in [2.75, 3.05) is 11.4 Å². The smallest absolute Gasteiger partial charge is 0.247 e. The van der Waals surface area contributed by atoms with Gasteiger partial charge in [-0.2, -0.15) is 0 Å². The first-order chi connectivity index (χ1) is 12.5. The highest BCUT2D eigenvalue weighted by Gasteiger charge is 2.41. The van der Waals surface area contributed by atoms with E-state index in [0.29, 0.717) is 28.6 Å². The number of fused-ring (bicyclic) bond motifs is 2. The molecule has 2 aromatic carbocycles. The largest absolute Gasteiger partial charge is 0.446 e. The van der Waals surface area contributed by atoms with Gasteiger partial charge in [0.15, 0.2) is 0 Å². The van der Waals surface area contributed by atoms with Gasteiger partial charge >= 0.3 is 0 Å². The molecule has 1 aliphatic heterocycles. The Morgan fingerprint density at radius 1 is 1.00 bits per heavy atom. The maximum Gasteiger partial charge on any atom is 0.247 e. The molecule has 2 heterocycles. The molecule has 0 amide bonds. The summed E-state index contributed by atoms with van der Waals surface area (Å²) in [6.45, 7) is 6.71. The third-order valence-electron chi connectivity index (χ3n) is 4.74. The Balaban J connectivity index is 2.12. The van der Waals surface area contributed by atoms with E-state index in [4.69, 9.17) is 4.42 Å². The Morgan fingerprint density at radius 2 is 1.65 bits per heavy atom. The fraction of sp³-hybridized carbons (Fsp3) is 0.238. The summed E-state index contributed by atoms with van der Waals surface area (Å²) in [5.74, 6) is 0.767. The van der Waals surface area contributed by atoms with Gasteiger partial charge in [0.2, 0.25) is 14.9 Å². The van der Waals surface area contributed by atoms with Crippen molar-refractivity contribution < 1.29 is 12.8 Å². The van der Waals surface area contributed by atoms with Crippen LogP contribution < -0.4 is 4.90 Å². The molecule has 4 nitrogen and oxygen atoms in total. The van der Waals surface area contributed by atoms with Gasteiger partial charge in [0, 0.05) is 18.0 Å². The van der Waals surface area contributed by atoms with Gasteiger partial charge in [-0.3, -0.25) is 0 Å². The molecule has 5 heteroatoms.